The third-order valence-electron chi connectivity index (χ3n) is 5.04. The molecule has 1 atom stereocenters. The average molecular weight is 457 g/mol. The minimum atomic E-state index is -0.244. The smallest absolute Gasteiger partial charge is 0.267 e. The Bertz CT molecular complexity index is 1060. The van der Waals surface area contributed by atoms with Gasteiger partial charge < -0.3 is 21.3 Å². The zero-order chi connectivity index (χ0) is 21.8. The number of halogens is 1. The standard InChI is InChI=1S/C22H25ClN6OS/c1-13-9-18(26-15-6-4-8-24-11-15)27-19(10-13)28-22-25-12-17(31-22)21(30)29-20-14(2)5-3-7-16(20)23/h3,5,7,9-10,12,15,24H,4,6,8,11H2,1-2H3,(H,29,30)(H2,25,26,27,28)/t15-/m0/s1. The zero-order valence-electron chi connectivity index (χ0n) is 17.5. The van der Waals surface area contributed by atoms with E-state index in [1.165, 1.54) is 11.3 Å². The summed E-state index contributed by atoms with van der Waals surface area (Å²) in [5.41, 5.74) is 2.61. The molecule has 0 radical (unpaired) electrons. The fraction of sp³-hybridized carbons (Fsp3) is 0.318. The Balaban J connectivity index is 1.44. The molecule has 1 amide bonds. The fourth-order valence-corrected chi connectivity index (χ4v) is 4.49. The lowest BCUT2D eigenvalue weighted by Gasteiger charge is -2.24. The Morgan fingerprint density at radius 1 is 1.26 bits per heavy atom. The van der Waals surface area contributed by atoms with Gasteiger partial charge in [0.1, 0.15) is 16.5 Å². The van der Waals surface area contributed by atoms with Crippen molar-refractivity contribution in [3.05, 3.63) is 57.6 Å². The number of thiazole rings is 1. The second-order valence-electron chi connectivity index (χ2n) is 7.64. The van der Waals surface area contributed by atoms with E-state index in [1.54, 1.807) is 12.3 Å². The van der Waals surface area contributed by atoms with Gasteiger partial charge in [-0.3, -0.25) is 4.79 Å². The van der Waals surface area contributed by atoms with Crippen molar-refractivity contribution in [1.82, 2.24) is 15.3 Å². The van der Waals surface area contributed by atoms with Gasteiger partial charge in [-0.1, -0.05) is 35.1 Å². The summed E-state index contributed by atoms with van der Waals surface area (Å²) in [5, 5.41) is 14.1. The highest BCUT2D eigenvalue weighted by Crippen LogP contribution is 2.28. The van der Waals surface area contributed by atoms with Crippen LogP contribution in [-0.2, 0) is 0 Å². The van der Waals surface area contributed by atoms with Gasteiger partial charge in [-0.15, -0.1) is 0 Å². The maximum absolute atomic E-state index is 12.7. The van der Waals surface area contributed by atoms with E-state index in [1.807, 2.05) is 38.1 Å². The molecule has 31 heavy (non-hydrogen) atoms. The molecule has 4 N–H and O–H groups in total. The summed E-state index contributed by atoms with van der Waals surface area (Å²) in [6, 6.07) is 9.87. The van der Waals surface area contributed by atoms with E-state index in [9.17, 15) is 4.79 Å². The largest absolute Gasteiger partial charge is 0.366 e. The number of carbonyl (C=O) groups is 1. The quantitative estimate of drug-likeness (QED) is 0.418. The van der Waals surface area contributed by atoms with Crippen LogP contribution in [0.4, 0.5) is 22.5 Å². The fourth-order valence-electron chi connectivity index (χ4n) is 3.50. The van der Waals surface area contributed by atoms with E-state index in [2.05, 4.69) is 31.2 Å². The second kappa shape index (κ2) is 9.64. The summed E-state index contributed by atoms with van der Waals surface area (Å²) in [5.74, 6) is 1.28. The number of carbonyl (C=O) groups excluding carboxylic acids is 1. The molecule has 1 saturated heterocycles. The van der Waals surface area contributed by atoms with Gasteiger partial charge in [-0.25, -0.2) is 9.97 Å². The molecular formula is C22H25ClN6OS. The van der Waals surface area contributed by atoms with Crippen molar-refractivity contribution in [2.45, 2.75) is 32.7 Å². The third-order valence-corrected chi connectivity index (χ3v) is 6.27. The van der Waals surface area contributed by atoms with Crippen LogP contribution < -0.4 is 21.3 Å². The molecule has 9 heteroatoms. The third kappa shape index (κ3) is 5.52. The highest BCUT2D eigenvalue weighted by molar-refractivity contribution is 7.17. The summed E-state index contributed by atoms with van der Waals surface area (Å²) in [7, 11) is 0. The Labute approximate surface area is 190 Å². The second-order valence-corrected chi connectivity index (χ2v) is 9.08. The van der Waals surface area contributed by atoms with Crippen LogP contribution in [0, 0.1) is 13.8 Å². The summed E-state index contributed by atoms with van der Waals surface area (Å²) >= 11 is 7.48. The molecule has 0 unspecified atom stereocenters. The van der Waals surface area contributed by atoms with Crippen molar-refractivity contribution in [3.63, 3.8) is 0 Å². The zero-order valence-corrected chi connectivity index (χ0v) is 19.0. The summed E-state index contributed by atoms with van der Waals surface area (Å²) in [6.45, 7) is 5.94. The lowest BCUT2D eigenvalue weighted by molar-refractivity contribution is 0.103. The van der Waals surface area contributed by atoms with Crippen molar-refractivity contribution in [3.8, 4) is 0 Å². The number of hydrogen-bond acceptors (Lipinski definition) is 7. The minimum Gasteiger partial charge on any atom is -0.366 e. The van der Waals surface area contributed by atoms with Crippen LogP contribution in [0.2, 0.25) is 5.02 Å². The highest BCUT2D eigenvalue weighted by Gasteiger charge is 2.16. The van der Waals surface area contributed by atoms with E-state index in [0.29, 0.717) is 32.6 Å². The van der Waals surface area contributed by atoms with Gasteiger partial charge in [-0.05, 0) is 62.6 Å². The van der Waals surface area contributed by atoms with Crippen LogP contribution in [0.3, 0.4) is 0 Å². The van der Waals surface area contributed by atoms with E-state index in [4.69, 9.17) is 11.6 Å². The topological polar surface area (TPSA) is 91.0 Å². The Hall–Kier alpha value is -2.68. The van der Waals surface area contributed by atoms with Gasteiger partial charge in [0.15, 0.2) is 5.13 Å². The van der Waals surface area contributed by atoms with Gasteiger partial charge in [0.2, 0.25) is 0 Å². The van der Waals surface area contributed by atoms with Gasteiger partial charge in [0.25, 0.3) is 5.91 Å². The molecule has 3 aromatic rings. The van der Waals surface area contributed by atoms with Crippen LogP contribution in [0.25, 0.3) is 0 Å². The molecule has 7 nitrogen and oxygen atoms in total. The van der Waals surface area contributed by atoms with Crippen LogP contribution in [0.5, 0.6) is 0 Å². The van der Waals surface area contributed by atoms with Gasteiger partial charge >= 0.3 is 0 Å². The molecule has 4 rings (SSSR count). The molecule has 0 bridgehead atoms. The van der Waals surface area contributed by atoms with E-state index < -0.39 is 0 Å². The van der Waals surface area contributed by atoms with Crippen LogP contribution in [0.15, 0.2) is 36.5 Å². The highest BCUT2D eigenvalue weighted by atomic mass is 35.5. The molecular weight excluding hydrogens is 432 g/mol. The molecule has 0 saturated carbocycles. The van der Waals surface area contributed by atoms with Crippen molar-refractivity contribution in [1.29, 1.82) is 0 Å². The molecule has 1 aliphatic rings. The van der Waals surface area contributed by atoms with E-state index in [0.717, 1.165) is 42.9 Å². The number of rotatable bonds is 6. The number of nitrogens with one attached hydrogen (secondary N) is 4. The normalized spacial score (nSPS) is 16.0. The molecule has 2 aromatic heterocycles. The lowest BCUT2D eigenvalue weighted by Crippen LogP contribution is -2.38. The first kappa shape index (κ1) is 21.5. The first-order chi connectivity index (χ1) is 15.0. The molecule has 3 heterocycles. The maximum atomic E-state index is 12.7. The number of hydrogen-bond donors (Lipinski definition) is 4. The Morgan fingerprint density at radius 3 is 2.87 bits per heavy atom. The number of nitrogens with zero attached hydrogens (tertiary/aromatic N) is 2. The number of amides is 1. The minimum absolute atomic E-state index is 0.244. The monoisotopic (exact) mass is 456 g/mol. The Kier molecular flexibility index (Phi) is 6.70. The summed E-state index contributed by atoms with van der Waals surface area (Å²) in [4.78, 5) is 22.1. The van der Waals surface area contributed by atoms with Gasteiger partial charge in [-0.2, -0.15) is 0 Å². The Morgan fingerprint density at radius 2 is 2.10 bits per heavy atom. The molecule has 1 aromatic carbocycles. The lowest BCUT2D eigenvalue weighted by atomic mass is 10.1. The first-order valence-electron chi connectivity index (χ1n) is 10.2. The number of aryl methyl sites for hydroxylation is 2. The van der Waals surface area contributed by atoms with E-state index in [-0.39, 0.29) is 5.91 Å². The van der Waals surface area contributed by atoms with Crippen molar-refractivity contribution >= 4 is 51.3 Å². The van der Waals surface area contributed by atoms with Crippen molar-refractivity contribution in [2.24, 2.45) is 0 Å². The number of benzene rings is 1. The van der Waals surface area contributed by atoms with Crippen LogP contribution in [0.1, 0.15) is 33.6 Å². The number of anilines is 4. The van der Waals surface area contributed by atoms with E-state index >= 15 is 0 Å². The predicted molar refractivity (Wildman–Crippen MR) is 128 cm³/mol. The molecule has 0 spiro atoms. The van der Waals surface area contributed by atoms with Gasteiger partial charge in [0.05, 0.1) is 16.9 Å². The first-order valence-corrected chi connectivity index (χ1v) is 11.4. The molecule has 1 fully saturated rings. The number of para-hydroxylation sites is 1. The summed E-state index contributed by atoms with van der Waals surface area (Å²) in [6.07, 6.45) is 3.84. The van der Waals surface area contributed by atoms with Crippen LogP contribution >= 0.6 is 22.9 Å². The van der Waals surface area contributed by atoms with Crippen molar-refractivity contribution < 1.29 is 4.79 Å². The maximum Gasteiger partial charge on any atom is 0.267 e. The average Bonchev–Trinajstić information content (AvgIpc) is 3.19. The predicted octanol–water partition coefficient (Wildman–Crippen LogP) is 4.97. The SMILES string of the molecule is Cc1cc(Nc2ncc(C(=O)Nc3c(C)cccc3Cl)s2)nc(N[C@H]2CCCNC2)c1. The number of pyridine rings is 1. The summed E-state index contributed by atoms with van der Waals surface area (Å²) < 4.78 is 0. The molecule has 1 aliphatic heterocycles. The van der Waals surface area contributed by atoms with Crippen molar-refractivity contribution in [2.75, 3.05) is 29.0 Å². The molecule has 0 aliphatic carbocycles. The van der Waals surface area contributed by atoms with Crippen LogP contribution in [-0.4, -0.2) is 35.0 Å². The number of piperidine rings is 1. The molecule has 162 valence electrons. The number of aromatic nitrogens is 2. The van der Waals surface area contributed by atoms with Gasteiger partial charge in [0, 0.05) is 12.6 Å².